The number of sulfone groups is 1. The van der Waals surface area contributed by atoms with Gasteiger partial charge in [-0.25, -0.2) is 13.4 Å². The minimum atomic E-state index is -3.24. The van der Waals surface area contributed by atoms with Gasteiger partial charge in [0.1, 0.15) is 11.9 Å². The van der Waals surface area contributed by atoms with Crippen LogP contribution < -0.4 is 15.5 Å². The van der Waals surface area contributed by atoms with Crippen molar-refractivity contribution in [2.75, 3.05) is 24.2 Å². The molecule has 44 heavy (non-hydrogen) atoms. The number of dihydropyridines is 1. The molecular weight excluding hydrogens is 586 g/mol. The van der Waals surface area contributed by atoms with Crippen LogP contribution in [0.15, 0.2) is 88.4 Å². The topological polar surface area (TPSA) is 149 Å². The van der Waals surface area contributed by atoms with Crippen molar-refractivity contribution in [1.82, 2.24) is 20.5 Å². The molecule has 0 saturated carbocycles. The summed E-state index contributed by atoms with van der Waals surface area (Å²) in [5.41, 5.74) is 3.37. The lowest BCUT2D eigenvalue weighted by Gasteiger charge is -2.41. The molecule has 2 unspecified atom stereocenters. The zero-order valence-corrected chi connectivity index (χ0v) is 24.8. The minimum absolute atomic E-state index is 0.0837. The number of anilines is 1. The van der Waals surface area contributed by atoms with E-state index < -0.39 is 16.4 Å². The highest BCUT2D eigenvalue weighted by Crippen LogP contribution is 2.35. The first-order chi connectivity index (χ1) is 21.1. The molecule has 3 aliphatic rings. The van der Waals surface area contributed by atoms with Gasteiger partial charge in [-0.1, -0.05) is 12.1 Å². The summed E-state index contributed by atoms with van der Waals surface area (Å²) in [5.74, 6) is 0.808. The van der Waals surface area contributed by atoms with E-state index in [0.717, 1.165) is 62.5 Å². The van der Waals surface area contributed by atoms with E-state index in [1.165, 1.54) is 12.5 Å². The van der Waals surface area contributed by atoms with Crippen molar-refractivity contribution in [3.63, 3.8) is 0 Å². The second kappa shape index (κ2) is 12.9. The molecule has 10 nitrogen and oxygen atoms in total. The van der Waals surface area contributed by atoms with Gasteiger partial charge in [0.15, 0.2) is 9.84 Å². The van der Waals surface area contributed by atoms with Crippen LogP contribution in [0.1, 0.15) is 24.0 Å². The Morgan fingerprint density at radius 2 is 1.86 bits per heavy atom. The van der Waals surface area contributed by atoms with Crippen LogP contribution in [0.5, 0.6) is 0 Å². The molecule has 2 aromatic rings. The second-order valence-corrected chi connectivity index (χ2v) is 12.9. The fraction of sp³-hybridized carbons (Fsp3) is 0.290. The first-order valence-electron chi connectivity index (χ1n) is 14.0. The molecule has 4 heterocycles. The molecule has 2 bridgehead atoms. The van der Waals surface area contributed by atoms with Gasteiger partial charge in [-0.2, -0.15) is 14.0 Å². The molecule has 13 heteroatoms. The Balaban J connectivity index is 1.34. The summed E-state index contributed by atoms with van der Waals surface area (Å²) in [5, 5.41) is 29.9. The molecule has 3 aliphatic heterocycles. The van der Waals surface area contributed by atoms with Crippen LogP contribution in [0.2, 0.25) is 0 Å². The van der Waals surface area contributed by atoms with Crippen molar-refractivity contribution in [3.8, 4) is 6.07 Å². The Morgan fingerprint density at radius 3 is 2.41 bits per heavy atom. The van der Waals surface area contributed by atoms with Gasteiger partial charge in [-0.15, -0.1) is 0 Å². The predicted molar refractivity (Wildman–Crippen MR) is 165 cm³/mol. The number of piperazine rings is 1. The third-order valence-corrected chi connectivity index (χ3v) is 9.19. The van der Waals surface area contributed by atoms with Crippen molar-refractivity contribution < 1.29 is 17.2 Å². The second-order valence-electron chi connectivity index (χ2n) is 10.8. The van der Waals surface area contributed by atoms with Gasteiger partial charge < -0.3 is 26.4 Å². The third kappa shape index (κ3) is 6.61. The first kappa shape index (κ1) is 30.8. The zero-order chi connectivity index (χ0) is 31.4. The number of fused-ring (bicyclic) bond motifs is 2. The van der Waals surface area contributed by atoms with E-state index in [1.54, 1.807) is 24.4 Å². The molecule has 0 aliphatic carbocycles. The van der Waals surface area contributed by atoms with Gasteiger partial charge >= 0.3 is 6.55 Å². The number of pyridine rings is 1. The van der Waals surface area contributed by atoms with Gasteiger partial charge in [0.2, 0.25) is 0 Å². The summed E-state index contributed by atoms with van der Waals surface area (Å²) in [6.45, 7) is -0.446. The van der Waals surface area contributed by atoms with Crippen LogP contribution in [0.3, 0.4) is 0 Å². The van der Waals surface area contributed by atoms with E-state index in [-0.39, 0.29) is 11.1 Å². The van der Waals surface area contributed by atoms with Crippen molar-refractivity contribution in [3.05, 3.63) is 94.6 Å². The van der Waals surface area contributed by atoms with Gasteiger partial charge in [0.25, 0.3) is 0 Å². The summed E-state index contributed by atoms with van der Waals surface area (Å²) in [4.78, 5) is 9.80. The number of benzene rings is 1. The summed E-state index contributed by atoms with van der Waals surface area (Å²) >= 11 is 0. The van der Waals surface area contributed by atoms with Crippen LogP contribution >= 0.6 is 0 Å². The van der Waals surface area contributed by atoms with E-state index in [9.17, 15) is 22.5 Å². The molecule has 2 saturated heterocycles. The Morgan fingerprint density at radius 1 is 1.16 bits per heavy atom. The maximum atomic E-state index is 12.7. The molecule has 4 N–H and O–H groups in total. The standard InChI is InChI=1S/C31H32F2N8O2S/c1-44(42,43)27-7-2-20(3-8-27)17-41-25-5-6-26(41)19-40(18-25)29-9-4-21(14-37-29)28-10-22(24(13-36)16-39-31(32)33)15-38-30(28)23(11-34)12-35/h2-4,7-11,13-16,25-26,31,34,36,38-39H,5-6,17-19H2,1H3/b24-16+,30-23+,34-11?,36-13?. The maximum Gasteiger partial charge on any atom is 0.312 e. The van der Waals surface area contributed by atoms with Gasteiger partial charge in [0, 0.05) is 91.3 Å². The lowest BCUT2D eigenvalue weighted by molar-refractivity contribution is 0.125. The number of nitrogens with zero attached hydrogens (tertiary/aromatic N) is 4. The number of rotatable bonds is 10. The molecule has 5 rings (SSSR count). The average molecular weight is 619 g/mol. The molecule has 1 aromatic carbocycles. The molecule has 0 spiro atoms. The van der Waals surface area contributed by atoms with Gasteiger partial charge in [-0.05, 0) is 48.7 Å². The molecule has 1 aromatic heterocycles. The number of nitrogens with one attached hydrogen (secondary N) is 4. The van der Waals surface area contributed by atoms with Crippen molar-refractivity contribution >= 4 is 33.7 Å². The van der Waals surface area contributed by atoms with Crippen molar-refractivity contribution in [2.24, 2.45) is 0 Å². The average Bonchev–Trinajstić information content (AvgIpc) is 3.23. The third-order valence-electron chi connectivity index (χ3n) is 8.06. The molecule has 228 valence electrons. The Bertz CT molecular complexity index is 1690. The van der Waals surface area contributed by atoms with Crippen molar-refractivity contribution in [2.45, 2.75) is 42.9 Å². The Hall–Kier alpha value is -4.67. The summed E-state index contributed by atoms with van der Waals surface area (Å²) in [6.07, 6.45) is 11.1. The number of halogens is 2. The van der Waals surface area contributed by atoms with Crippen LogP contribution in [-0.2, 0) is 16.4 Å². The Labute approximate surface area is 255 Å². The number of alkyl halides is 2. The predicted octanol–water partition coefficient (Wildman–Crippen LogP) is 3.98. The smallest absolute Gasteiger partial charge is 0.312 e. The molecule has 2 atom stereocenters. The minimum Gasteiger partial charge on any atom is -0.359 e. The molecule has 0 radical (unpaired) electrons. The van der Waals surface area contributed by atoms with Crippen LogP contribution in [0.4, 0.5) is 14.6 Å². The van der Waals surface area contributed by atoms with Crippen LogP contribution in [0.25, 0.3) is 5.57 Å². The van der Waals surface area contributed by atoms with Crippen LogP contribution in [0, 0.1) is 22.1 Å². The van der Waals surface area contributed by atoms with E-state index >= 15 is 0 Å². The normalized spacial score (nSPS) is 21.6. The molecule has 0 amide bonds. The monoisotopic (exact) mass is 618 g/mol. The SMILES string of the molecule is CS(=O)(=O)c1ccc(CN2C3CCC2CN(c2ccc(C4=CC(/C(C=N)=C/NC(F)F)=CN/C4=C(/C#N)C=N)cn2)C3)cc1. The van der Waals surface area contributed by atoms with Gasteiger partial charge in [0.05, 0.1) is 16.2 Å². The summed E-state index contributed by atoms with van der Waals surface area (Å²) in [6, 6.07) is 13.5. The number of hydrogen-bond acceptors (Lipinski definition) is 10. The van der Waals surface area contributed by atoms with Gasteiger partial charge in [-0.3, -0.25) is 4.90 Å². The number of nitriles is 1. The van der Waals surface area contributed by atoms with Crippen LogP contribution in [-0.4, -0.2) is 68.7 Å². The molecule has 2 fully saturated rings. The summed E-state index contributed by atoms with van der Waals surface area (Å²) in [7, 11) is -3.24. The largest absolute Gasteiger partial charge is 0.359 e. The lowest BCUT2D eigenvalue weighted by atomic mass is 9.94. The van der Waals surface area contributed by atoms with E-state index in [0.29, 0.717) is 39.4 Å². The first-order valence-corrected chi connectivity index (χ1v) is 15.9. The lowest BCUT2D eigenvalue weighted by Crippen LogP contribution is -2.53. The quantitative estimate of drug-likeness (QED) is 0.178. The van der Waals surface area contributed by atoms with E-state index in [2.05, 4.69) is 15.1 Å². The van der Waals surface area contributed by atoms with E-state index in [4.69, 9.17) is 15.8 Å². The van der Waals surface area contributed by atoms with Crippen molar-refractivity contribution in [1.29, 1.82) is 16.1 Å². The fourth-order valence-electron chi connectivity index (χ4n) is 5.86. The highest BCUT2D eigenvalue weighted by molar-refractivity contribution is 7.90. The highest BCUT2D eigenvalue weighted by Gasteiger charge is 2.40. The zero-order valence-electron chi connectivity index (χ0n) is 24.0. The fourth-order valence-corrected chi connectivity index (χ4v) is 6.49. The summed E-state index contributed by atoms with van der Waals surface area (Å²) < 4.78 is 49.1. The molecular formula is C31H32F2N8O2S. The number of allylic oxidation sites excluding steroid dienone is 5. The van der Waals surface area contributed by atoms with E-state index in [1.807, 2.05) is 35.7 Å². The number of hydrogen-bond donors (Lipinski definition) is 4. The Kier molecular flexibility index (Phi) is 9.03. The highest BCUT2D eigenvalue weighted by atomic mass is 32.2. The number of aromatic nitrogens is 1. The maximum absolute atomic E-state index is 12.7.